The monoisotopic (exact) mass is 380 g/mol. The zero-order valence-corrected chi connectivity index (χ0v) is 15.7. The number of carbonyl (C=O) groups excluding carboxylic acids is 2. The summed E-state index contributed by atoms with van der Waals surface area (Å²) in [6.45, 7) is 0.680. The molecule has 0 saturated carbocycles. The summed E-state index contributed by atoms with van der Waals surface area (Å²) in [7, 11) is 3.91. The summed E-state index contributed by atoms with van der Waals surface area (Å²) in [5.41, 5.74) is 3.90. The molecule has 6 nitrogen and oxygen atoms in total. The van der Waals surface area contributed by atoms with Crippen molar-refractivity contribution < 1.29 is 14.0 Å². The van der Waals surface area contributed by atoms with Crippen LogP contribution in [0.2, 0.25) is 0 Å². The minimum Gasteiger partial charge on any atom is -0.378 e. The summed E-state index contributed by atoms with van der Waals surface area (Å²) in [5, 5.41) is 5.62. The van der Waals surface area contributed by atoms with Crippen molar-refractivity contribution in [2.75, 3.05) is 25.5 Å². The number of benzene rings is 2. The van der Waals surface area contributed by atoms with Crippen LogP contribution in [0.1, 0.15) is 17.2 Å². The van der Waals surface area contributed by atoms with Crippen LogP contribution in [0, 0.1) is 5.82 Å². The Labute approximate surface area is 162 Å². The van der Waals surface area contributed by atoms with Gasteiger partial charge in [0.05, 0.1) is 23.9 Å². The Hall–Kier alpha value is -3.35. The van der Waals surface area contributed by atoms with E-state index in [4.69, 9.17) is 0 Å². The SMILES string of the molecule is CN(C)c1ccc([C@H]2NC(=O)NC3=C2C(=O)N(Cc2ccc(F)cc2)C3)cc1. The zero-order chi connectivity index (χ0) is 19.8. The van der Waals surface area contributed by atoms with Crippen LogP contribution in [-0.2, 0) is 11.3 Å². The fraction of sp³-hybridized carbons (Fsp3) is 0.238. The van der Waals surface area contributed by atoms with E-state index in [1.165, 1.54) is 12.1 Å². The van der Waals surface area contributed by atoms with Crippen molar-refractivity contribution >= 4 is 17.6 Å². The first-order valence-corrected chi connectivity index (χ1v) is 9.04. The van der Waals surface area contributed by atoms with E-state index < -0.39 is 6.04 Å². The second-order valence-corrected chi connectivity index (χ2v) is 7.20. The standard InChI is InChI=1S/C21H21FN4O2/c1-25(2)16-9-5-14(6-10-16)19-18-17(23-21(28)24-19)12-26(20(18)27)11-13-3-7-15(22)8-4-13/h3-10,19H,11-12H2,1-2H3,(H2,23,24,28)/t19-/m1/s1. The molecular weight excluding hydrogens is 359 g/mol. The molecule has 3 amide bonds. The number of nitrogens with one attached hydrogen (secondary N) is 2. The number of hydrogen-bond acceptors (Lipinski definition) is 3. The Kier molecular flexibility index (Phi) is 4.50. The van der Waals surface area contributed by atoms with E-state index in [0.29, 0.717) is 24.4 Å². The molecule has 2 heterocycles. The summed E-state index contributed by atoms with van der Waals surface area (Å²) < 4.78 is 13.1. The molecule has 0 unspecified atom stereocenters. The number of carbonyl (C=O) groups is 2. The smallest absolute Gasteiger partial charge is 0.319 e. The van der Waals surface area contributed by atoms with Gasteiger partial charge in [0.1, 0.15) is 5.82 Å². The summed E-state index contributed by atoms with van der Waals surface area (Å²) >= 11 is 0. The lowest BCUT2D eigenvalue weighted by Gasteiger charge is -2.26. The van der Waals surface area contributed by atoms with Gasteiger partial charge in [-0.2, -0.15) is 0 Å². The molecule has 2 N–H and O–H groups in total. The van der Waals surface area contributed by atoms with E-state index in [1.807, 2.05) is 43.3 Å². The van der Waals surface area contributed by atoms with E-state index >= 15 is 0 Å². The summed E-state index contributed by atoms with van der Waals surface area (Å²) in [4.78, 5) is 28.9. The van der Waals surface area contributed by atoms with Gasteiger partial charge in [-0.25, -0.2) is 9.18 Å². The van der Waals surface area contributed by atoms with Crippen molar-refractivity contribution in [1.29, 1.82) is 0 Å². The Bertz CT molecular complexity index is 951. The fourth-order valence-corrected chi connectivity index (χ4v) is 3.58. The molecule has 0 aromatic heterocycles. The van der Waals surface area contributed by atoms with Crippen LogP contribution in [0.3, 0.4) is 0 Å². The van der Waals surface area contributed by atoms with Crippen LogP contribution in [0.4, 0.5) is 14.9 Å². The predicted octanol–water partition coefficient (Wildman–Crippen LogP) is 2.54. The molecule has 4 rings (SSSR count). The Morgan fingerprint density at radius 2 is 1.75 bits per heavy atom. The lowest BCUT2D eigenvalue weighted by molar-refractivity contribution is -0.126. The Morgan fingerprint density at radius 1 is 1.07 bits per heavy atom. The van der Waals surface area contributed by atoms with Crippen molar-refractivity contribution in [3.05, 3.63) is 76.7 Å². The van der Waals surface area contributed by atoms with Gasteiger partial charge in [-0.05, 0) is 35.4 Å². The van der Waals surface area contributed by atoms with Gasteiger partial charge < -0.3 is 20.4 Å². The van der Waals surface area contributed by atoms with E-state index in [9.17, 15) is 14.0 Å². The second-order valence-electron chi connectivity index (χ2n) is 7.20. The normalized spacial score (nSPS) is 18.7. The van der Waals surface area contributed by atoms with Gasteiger partial charge in [0.15, 0.2) is 0 Å². The minimum atomic E-state index is -0.495. The highest BCUT2D eigenvalue weighted by Gasteiger charge is 2.40. The molecular formula is C21H21FN4O2. The van der Waals surface area contributed by atoms with Crippen LogP contribution in [0.25, 0.3) is 0 Å². The van der Waals surface area contributed by atoms with E-state index in [0.717, 1.165) is 16.8 Å². The largest absolute Gasteiger partial charge is 0.378 e. The first-order chi connectivity index (χ1) is 13.4. The third-order valence-electron chi connectivity index (χ3n) is 5.05. The molecule has 0 fully saturated rings. The van der Waals surface area contributed by atoms with Crippen molar-refractivity contribution in [3.63, 3.8) is 0 Å². The quantitative estimate of drug-likeness (QED) is 0.857. The van der Waals surface area contributed by atoms with Gasteiger partial charge in [-0.15, -0.1) is 0 Å². The number of hydrogen-bond donors (Lipinski definition) is 2. The number of nitrogens with zero attached hydrogens (tertiary/aromatic N) is 2. The van der Waals surface area contributed by atoms with E-state index in [2.05, 4.69) is 10.6 Å². The lowest BCUT2D eigenvalue weighted by atomic mass is 9.96. The van der Waals surface area contributed by atoms with Gasteiger partial charge in [-0.3, -0.25) is 4.79 Å². The molecule has 144 valence electrons. The highest BCUT2D eigenvalue weighted by Crippen LogP contribution is 2.33. The highest BCUT2D eigenvalue weighted by molar-refractivity contribution is 6.01. The molecule has 1 atom stereocenters. The maximum atomic E-state index is 13.1. The fourth-order valence-electron chi connectivity index (χ4n) is 3.58. The van der Waals surface area contributed by atoms with Crippen molar-refractivity contribution in [1.82, 2.24) is 15.5 Å². The van der Waals surface area contributed by atoms with E-state index in [-0.39, 0.29) is 17.8 Å². The number of rotatable bonds is 4. The number of anilines is 1. The van der Waals surface area contributed by atoms with Crippen LogP contribution >= 0.6 is 0 Å². The summed E-state index contributed by atoms with van der Waals surface area (Å²) in [6.07, 6.45) is 0. The Balaban J connectivity index is 1.59. The van der Waals surface area contributed by atoms with Crippen LogP contribution in [0.5, 0.6) is 0 Å². The molecule has 7 heteroatoms. The van der Waals surface area contributed by atoms with Gasteiger partial charge in [0.25, 0.3) is 5.91 Å². The molecule has 0 radical (unpaired) electrons. The van der Waals surface area contributed by atoms with Crippen LogP contribution < -0.4 is 15.5 Å². The molecule has 0 bridgehead atoms. The number of amides is 3. The van der Waals surface area contributed by atoms with Crippen molar-refractivity contribution in [2.24, 2.45) is 0 Å². The highest BCUT2D eigenvalue weighted by atomic mass is 19.1. The average molecular weight is 380 g/mol. The van der Waals surface area contributed by atoms with E-state index in [1.54, 1.807) is 17.0 Å². The Morgan fingerprint density at radius 3 is 2.39 bits per heavy atom. The third-order valence-corrected chi connectivity index (χ3v) is 5.05. The molecule has 2 aliphatic rings. The van der Waals surface area contributed by atoms with Gasteiger partial charge in [0, 0.05) is 26.3 Å². The first-order valence-electron chi connectivity index (χ1n) is 9.04. The number of urea groups is 1. The molecule has 28 heavy (non-hydrogen) atoms. The van der Waals surface area contributed by atoms with Gasteiger partial charge in [-0.1, -0.05) is 24.3 Å². The molecule has 0 spiro atoms. The van der Waals surface area contributed by atoms with Crippen molar-refractivity contribution in [2.45, 2.75) is 12.6 Å². The van der Waals surface area contributed by atoms with Crippen LogP contribution in [-0.4, -0.2) is 37.5 Å². The third kappa shape index (κ3) is 3.31. The molecule has 2 aliphatic heterocycles. The zero-order valence-electron chi connectivity index (χ0n) is 15.7. The maximum Gasteiger partial charge on any atom is 0.319 e. The predicted molar refractivity (Wildman–Crippen MR) is 104 cm³/mol. The molecule has 0 saturated heterocycles. The minimum absolute atomic E-state index is 0.131. The van der Waals surface area contributed by atoms with Gasteiger partial charge in [0.2, 0.25) is 0 Å². The molecule has 2 aromatic carbocycles. The maximum absolute atomic E-state index is 13.1. The summed E-state index contributed by atoms with van der Waals surface area (Å²) in [6, 6.07) is 13.0. The first kappa shape index (κ1) is 18.0. The molecule has 2 aromatic rings. The van der Waals surface area contributed by atoms with Crippen LogP contribution in [0.15, 0.2) is 59.8 Å². The van der Waals surface area contributed by atoms with Crippen molar-refractivity contribution in [3.8, 4) is 0 Å². The topological polar surface area (TPSA) is 64.7 Å². The average Bonchev–Trinajstić information content (AvgIpc) is 2.98. The number of halogens is 1. The lowest BCUT2D eigenvalue weighted by Crippen LogP contribution is -2.44. The molecule has 0 aliphatic carbocycles. The summed E-state index contributed by atoms with van der Waals surface area (Å²) in [5.74, 6) is -0.444. The van der Waals surface area contributed by atoms with Gasteiger partial charge >= 0.3 is 6.03 Å². The second kappa shape index (κ2) is 6.99.